The maximum atomic E-state index is 10.3. The van der Waals surface area contributed by atoms with Gasteiger partial charge in [0.15, 0.2) is 0 Å². The van der Waals surface area contributed by atoms with Gasteiger partial charge in [-0.2, -0.15) is 0 Å². The standard InChI is InChI=1S/C15H18INO.C10H12O/c1-4-14-13(9-16)17-15(18-14)12-7-5-11(6-8-12)10(2)3;1-8(2)10-5-3-9(7-11)4-6-10/h5-8,10H,4,9H2,1-3H3;3-8H,1-2H3. The van der Waals surface area contributed by atoms with Crippen molar-refractivity contribution in [2.45, 2.75) is 57.3 Å². The highest BCUT2D eigenvalue weighted by molar-refractivity contribution is 14.1. The SMILES string of the molecule is CC(C)c1ccc(C=O)cc1.CCc1oc(-c2ccc(C(C)C)cc2)nc1CI. The quantitative estimate of drug-likeness (QED) is 0.198. The topological polar surface area (TPSA) is 43.1 Å². The minimum absolute atomic E-state index is 0.538. The van der Waals surface area contributed by atoms with E-state index in [2.05, 4.69) is 86.5 Å². The molecule has 0 radical (unpaired) electrons. The molecule has 0 amide bonds. The van der Waals surface area contributed by atoms with E-state index < -0.39 is 0 Å². The van der Waals surface area contributed by atoms with Gasteiger partial charge >= 0.3 is 0 Å². The maximum Gasteiger partial charge on any atom is 0.226 e. The lowest BCUT2D eigenvalue weighted by molar-refractivity contribution is 0.112. The number of aromatic nitrogens is 1. The molecule has 2 aromatic carbocycles. The van der Waals surface area contributed by atoms with Crippen molar-refractivity contribution in [3.63, 3.8) is 0 Å². The van der Waals surface area contributed by atoms with Crippen molar-refractivity contribution in [2.75, 3.05) is 0 Å². The average molecular weight is 503 g/mol. The number of rotatable bonds is 6. The fourth-order valence-corrected chi connectivity index (χ4v) is 3.45. The van der Waals surface area contributed by atoms with E-state index in [1.807, 2.05) is 24.3 Å². The van der Waals surface area contributed by atoms with E-state index in [9.17, 15) is 4.79 Å². The molecule has 0 aliphatic heterocycles. The number of benzene rings is 2. The second-order valence-electron chi connectivity index (χ2n) is 7.59. The number of aryl methyl sites for hydroxylation is 1. The highest BCUT2D eigenvalue weighted by atomic mass is 127. The number of nitrogens with zero attached hydrogens (tertiary/aromatic N) is 1. The van der Waals surface area contributed by atoms with Crippen LogP contribution in [0.2, 0.25) is 0 Å². The van der Waals surface area contributed by atoms with Crippen molar-refractivity contribution >= 4 is 28.9 Å². The van der Waals surface area contributed by atoms with Gasteiger partial charge in [0.2, 0.25) is 5.89 Å². The van der Waals surface area contributed by atoms with Crippen LogP contribution in [0.4, 0.5) is 0 Å². The predicted octanol–water partition coefficient (Wildman–Crippen LogP) is 7.58. The third-order valence-corrected chi connectivity index (χ3v) is 5.51. The zero-order chi connectivity index (χ0) is 21.4. The molecule has 0 atom stereocenters. The number of aldehydes is 1. The van der Waals surface area contributed by atoms with Crippen molar-refractivity contribution < 1.29 is 9.21 Å². The summed E-state index contributed by atoms with van der Waals surface area (Å²) in [5, 5.41) is 0. The zero-order valence-corrected chi connectivity index (χ0v) is 20.1. The van der Waals surface area contributed by atoms with E-state index in [1.54, 1.807) is 0 Å². The van der Waals surface area contributed by atoms with Crippen LogP contribution < -0.4 is 0 Å². The highest BCUT2D eigenvalue weighted by Crippen LogP contribution is 2.25. The summed E-state index contributed by atoms with van der Waals surface area (Å²) in [6.45, 7) is 10.8. The number of carbonyl (C=O) groups excluding carboxylic acids is 1. The Bertz CT molecular complexity index is 872. The van der Waals surface area contributed by atoms with Crippen molar-refractivity contribution in [3.05, 3.63) is 76.7 Å². The molecule has 0 saturated carbocycles. The average Bonchev–Trinajstić information content (AvgIpc) is 3.18. The Labute approximate surface area is 188 Å². The smallest absolute Gasteiger partial charge is 0.226 e. The molecule has 29 heavy (non-hydrogen) atoms. The van der Waals surface area contributed by atoms with E-state index >= 15 is 0 Å². The third kappa shape index (κ3) is 6.53. The number of halogens is 1. The number of carbonyl (C=O) groups is 1. The van der Waals surface area contributed by atoms with Gasteiger partial charge in [0, 0.05) is 22.0 Å². The fraction of sp³-hybridized carbons (Fsp3) is 0.360. The molecule has 0 unspecified atom stereocenters. The molecular formula is C25H30INO2. The van der Waals surface area contributed by atoms with Gasteiger partial charge in [-0.15, -0.1) is 0 Å². The summed E-state index contributed by atoms with van der Waals surface area (Å²) < 4.78 is 6.72. The van der Waals surface area contributed by atoms with Crippen LogP contribution in [0.3, 0.4) is 0 Å². The summed E-state index contributed by atoms with van der Waals surface area (Å²) in [6, 6.07) is 16.2. The van der Waals surface area contributed by atoms with Gasteiger partial charge in [-0.3, -0.25) is 4.79 Å². The van der Waals surface area contributed by atoms with Crippen LogP contribution in [0.25, 0.3) is 11.5 Å². The molecule has 0 saturated heterocycles. The summed E-state index contributed by atoms with van der Waals surface area (Å²) in [5.74, 6) is 2.84. The molecule has 0 bridgehead atoms. The molecule has 3 rings (SSSR count). The molecule has 0 aliphatic rings. The summed E-state index contributed by atoms with van der Waals surface area (Å²) in [7, 11) is 0. The van der Waals surface area contributed by atoms with Crippen LogP contribution in [0.1, 0.15) is 79.4 Å². The summed E-state index contributed by atoms with van der Waals surface area (Å²) >= 11 is 2.33. The number of hydrogen-bond donors (Lipinski definition) is 0. The van der Waals surface area contributed by atoms with Crippen molar-refractivity contribution in [2.24, 2.45) is 0 Å². The van der Waals surface area contributed by atoms with Gasteiger partial charge in [-0.05, 0) is 35.1 Å². The molecule has 1 aromatic heterocycles. The molecular weight excluding hydrogens is 473 g/mol. The summed E-state index contributed by atoms with van der Waals surface area (Å²) in [6.07, 6.45) is 1.76. The van der Waals surface area contributed by atoms with Crippen LogP contribution in [0.5, 0.6) is 0 Å². The Morgan fingerprint density at radius 3 is 1.83 bits per heavy atom. The van der Waals surface area contributed by atoms with Gasteiger partial charge in [0.25, 0.3) is 0 Å². The highest BCUT2D eigenvalue weighted by Gasteiger charge is 2.12. The van der Waals surface area contributed by atoms with Gasteiger partial charge < -0.3 is 4.42 Å². The van der Waals surface area contributed by atoms with Crippen molar-refractivity contribution in [1.82, 2.24) is 4.98 Å². The van der Waals surface area contributed by atoms with Crippen LogP contribution >= 0.6 is 22.6 Å². The Kier molecular flexibility index (Phi) is 9.08. The van der Waals surface area contributed by atoms with E-state index in [0.717, 1.165) is 45.6 Å². The number of oxazole rings is 1. The second kappa shape index (κ2) is 11.3. The largest absolute Gasteiger partial charge is 0.441 e. The monoisotopic (exact) mass is 503 g/mol. The number of hydrogen-bond acceptors (Lipinski definition) is 3. The molecule has 0 fully saturated rings. The van der Waals surface area contributed by atoms with E-state index in [4.69, 9.17) is 4.42 Å². The first-order valence-electron chi connectivity index (χ1n) is 10.1. The van der Waals surface area contributed by atoms with Gasteiger partial charge in [0.05, 0.1) is 5.69 Å². The Morgan fingerprint density at radius 1 is 0.931 bits per heavy atom. The molecule has 3 nitrogen and oxygen atoms in total. The Morgan fingerprint density at radius 2 is 1.45 bits per heavy atom. The van der Waals surface area contributed by atoms with Crippen LogP contribution in [-0.2, 0) is 10.8 Å². The van der Waals surface area contributed by atoms with E-state index in [0.29, 0.717) is 11.8 Å². The summed E-state index contributed by atoms with van der Waals surface area (Å²) in [4.78, 5) is 14.9. The van der Waals surface area contributed by atoms with E-state index in [-0.39, 0.29) is 0 Å². The van der Waals surface area contributed by atoms with E-state index in [1.165, 1.54) is 11.1 Å². The predicted molar refractivity (Wildman–Crippen MR) is 129 cm³/mol. The molecule has 4 heteroatoms. The Balaban J connectivity index is 0.000000234. The van der Waals surface area contributed by atoms with Gasteiger partial charge in [-0.1, -0.05) is 93.6 Å². The molecule has 0 spiro atoms. The minimum atomic E-state index is 0.538. The minimum Gasteiger partial charge on any atom is -0.441 e. The normalized spacial score (nSPS) is 10.8. The number of alkyl halides is 1. The van der Waals surface area contributed by atoms with Crippen LogP contribution in [0.15, 0.2) is 52.9 Å². The first-order chi connectivity index (χ1) is 13.9. The molecule has 0 aliphatic carbocycles. The lowest BCUT2D eigenvalue weighted by Gasteiger charge is -2.04. The zero-order valence-electron chi connectivity index (χ0n) is 17.9. The summed E-state index contributed by atoms with van der Waals surface area (Å²) in [5.41, 5.74) is 5.49. The van der Waals surface area contributed by atoms with Gasteiger partial charge in [-0.25, -0.2) is 4.98 Å². The second-order valence-corrected chi connectivity index (χ2v) is 8.35. The third-order valence-electron chi connectivity index (χ3n) is 4.79. The first-order valence-corrected chi connectivity index (χ1v) is 11.6. The van der Waals surface area contributed by atoms with Crippen molar-refractivity contribution in [3.8, 4) is 11.5 Å². The van der Waals surface area contributed by atoms with Crippen LogP contribution in [0, 0.1) is 0 Å². The molecule has 0 N–H and O–H groups in total. The maximum absolute atomic E-state index is 10.3. The molecule has 1 heterocycles. The van der Waals surface area contributed by atoms with Gasteiger partial charge in [0.1, 0.15) is 12.0 Å². The van der Waals surface area contributed by atoms with Crippen molar-refractivity contribution in [1.29, 1.82) is 0 Å². The first kappa shape index (κ1) is 23.3. The molecule has 154 valence electrons. The molecule has 3 aromatic rings. The fourth-order valence-electron chi connectivity index (χ4n) is 2.86. The lowest BCUT2D eigenvalue weighted by atomic mass is 10.0. The van der Waals surface area contributed by atoms with Crippen LogP contribution in [-0.4, -0.2) is 11.3 Å². The lowest BCUT2D eigenvalue weighted by Crippen LogP contribution is -1.87. The Hall–Kier alpha value is -1.95.